The van der Waals surface area contributed by atoms with E-state index in [4.69, 9.17) is 25.8 Å². The fourth-order valence-corrected chi connectivity index (χ4v) is 2.50. The Labute approximate surface area is 158 Å². The third-order valence-electron chi connectivity index (χ3n) is 3.58. The van der Waals surface area contributed by atoms with Crippen LogP contribution >= 0.6 is 11.6 Å². The van der Waals surface area contributed by atoms with Crippen LogP contribution in [0.1, 0.15) is 32.8 Å². The summed E-state index contributed by atoms with van der Waals surface area (Å²) in [5.74, 6) is 0.453. The molecule has 0 fully saturated rings. The van der Waals surface area contributed by atoms with Gasteiger partial charge < -0.3 is 19.5 Å². The molecule has 6 nitrogen and oxygen atoms in total. The second kappa shape index (κ2) is 9.48. The summed E-state index contributed by atoms with van der Waals surface area (Å²) in [6.07, 6.45) is 2.72. The van der Waals surface area contributed by atoms with E-state index in [-0.39, 0.29) is 5.91 Å². The molecule has 0 radical (unpaired) electrons. The van der Waals surface area contributed by atoms with Crippen molar-refractivity contribution in [2.45, 2.75) is 33.3 Å². The molecular weight excluding hydrogens is 358 g/mol. The summed E-state index contributed by atoms with van der Waals surface area (Å²) in [6, 6.07) is 3.42. The van der Waals surface area contributed by atoms with Crippen molar-refractivity contribution in [3.8, 4) is 11.5 Å². The third kappa shape index (κ3) is 5.95. The Morgan fingerprint density at radius 2 is 2.00 bits per heavy atom. The van der Waals surface area contributed by atoms with Gasteiger partial charge in [-0.1, -0.05) is 25.4 Å². The molecule has 1 aliphatic heterocycles. The van der Waals surface area contributed by atoms with Crippen LogP contribution in [0.15, 0.2) is 18.2 Å². The van der Waals surface area contributed by atoms with E-state index in [9.17, 15) is 9.59 Å². The molecule has 1 aliphatic rings. The highest BCUT2D eigenvalue weighted by molar-refractivity contribution is 6.32. The van der Waals surface area contributed by atoms with Crippen LogP contribution in [-0.2, 0) is 14.3 Å². The van der Waals surface area contributed by atoms with Crippen molar-refractivity contribution in [3.05, 3.63) is 28.8 Å². The van der Waals surface area contributed by atoms with Crippen molar-refractivity contribution in [3.63, 3.8) is 0 Å². The van der Waals surface area contributed by atoms with E-state index in [0.717, 1.165) is 6.42 Å². The molecule has 1 amide bonds. The summed E-state index contributed by atoms with van der Waals surface area (Å²) in [6.45, 7) is 7.13. The first kappa shape index (κ1) is 20.1. The summed E-state index contributed by atoms with van der Waals surface area (Å²) < 4.78 is 16.3. The van der Waals surface area contributed by atoms with Gasteiger partial charge in [-0.25, -0.2) is 4.79 Å². The molecule has 0 saturated carbocycles. The van der Waals surface area contributed by atoms with E-state index < -0.39 is 12.1 Å². The van der Waals surface area contributed by atoms with Gasteiger partial charge in [0.25, 0.3) is 5.91 Å². The van der Waals surface area contributed by atoms with Gasteiger partial charge in [-0.3, -0.25) is 4.79 Å². The number of hydrogen-bond donors (Lipinski definition) is 1. The predicted molar refractivity (Wildman–Crippen MR) is 99.5 cm³/mol. The molecule has 26 heavy (non-hydrogen) atoms. The number of halogens is 1. The van der Waals surface area contributed by atoms with Gasteiger partial charge in [-0.05, 0) is 36.6 Å². The molecule has 0 unspecified atom stereocenters. The maximum Gasteiger partial charge on any atom is 0.331 e. The first-order valence-corrected chi connectivity index (χ1v) is 9.00. The molecule has 1 atom stereocenters. The zero-order chi connectivity index (χ0) is 19.1. The zero-order valence-corrected chi connectivity index (χ0v) is 16.0. The average molecular weight is 382 g/mol. The fourth-order valence-electron chi connectivity index (χ4n) is 2.23. The van der Waals surface area contributed by atoms with Crippen LogP contribution in [0.3, 0.4) is 0 Å². The van der Waals surface area contributed by atoms with E-state index in [1.807, 2.05) is 13.8 Å². The highest BCUT2D eigenvalue weighted by Gasteiger charge is 2.17. The van der Waals surface area contributed by atoms with Gasteiger partial charge in [0.15, 0.2) is 17.6 Å². The molecule has 2 rings (SSSR count). The molecule has 1 aromatic rings. The van der Waals surface area contributed by atoms with Crippen LogP contribution in [0.25, 0.3) is 6.08 Å². The lowest BCUT2D eigenvalue weighted by Crippen LogP contribution is -2.37. The number of rotatable bonds is 6. The normalized spacial score (nSPS) is 14.8. The van der Waals surface area contributed by atoms with Gasteiger partial charge in [0, 0.05) is 19.0 Å². The molecule has 0 saturated heterocycles. The Kier molecular flexibility index (Phi) is 7.33. The number of carbonyl (C=O) groups excluding carboxylic acids is 2. The van der Waals surface area contributed by atoms with Gasteiger partial charge in [0.1, 0.15) is 0 Å². The molecule has 0 bridgehead atoms. The molecule has 1 N–H and O–H groups in total. The number of amides is 1. The van der Waals surface area contributed by atoms with Crippen molar-refractivity contribution in [2.75, 3.05) is 19.8 Å². The van der Waals surface area contributed by atoms with Crippen LogP contribution in [0.5, 0.6) is 11.5 Å². The maximum atomic E-state index is 11.9. The van der Waals surface area contributed by atoms with Gasteiger partial charge in [-0.15, -0.1) is 0 Å². The van der Waals surface area contributed by atoms with Crippen LogP contribution < -0.4 is 14.8 Å². The number of hydrogen-bond acceptors (Lipinski definition) is 5. The highest BCUT2D eigenvalue weighted by atomic mass is 35.5. The topological polar surface area (TPSA) is 73.9 Å². The number of fused-ring (bicyclic) bond motifs is 1. The Hall–Kier alpha value is -2.21. The van der Waals surface area contributed by atoms with E-state index in [1.54, 1.807) is 18.2 Å². The fraction of sp³-hybridized carbons (Fsp3) is 0.474. The highest BCUT2D eigenvalue weighted by Crippen LogP contribution is 2.38. The summed E-state index contributed by atoms with van der Waals surface area (Å²) in [5.41, 5.74) is 0.674. The minimum atomic E-state index is -0.863. The number of carbonyl (C=O) groups is 2. The average Bonchev–Trinajstić information content (AvgIpc) is 2.83. The van der Waals surface area contributed by atoms with Crippen molar-refractivity contribution in [2.24, 2.45) is 5.92 Å². The van der Waals surface area contributed by atoms with Crippen molar-refractivity contribution >= 4 is 29.6 Å². The van der Waals surface area contributed by atoms with E-state index in [2.05, 4.69) is 5.32 Å². The van der Waals surface area contributed by atoms with Crippen LogP contribution in [0, 0.1) is 5.92 Å². The minimum absolute atomic E-state index is 0.320. The van der Waals surface area contributed by atoms with Crippen molar-refractivity contribution in [1.29, 1.82) is 0 Å². The Morgan fingerprint density at radius 3 is 2.73 bits per heavy atom. The number of nitrogens with one attached hydrogen (secondary N) is 1. The molecule has 0 aromatic heterocycles. The number of ether oxygens (including phenoxy) is 3. The van der Waals surface area contributed by atoms with E-state index in [1.165, 1.54) is 13.0 Å². The third-order valence-corrected chi connectivity index (χ3v) is 3.86. The SMILES string of the molecule is CC(C)CNC(=O)[C@H](C)OC(=O)/C=C/c1cc(Cl)c2c(c1)OCCCO2. The lowest BCUT2D eigenvalue weighted by atomic mass is 10.2. The molecule has 142 valence electrons. The summed E-state index contributed by atoms with van der Waals surface area (Å²) in [7, 11) is 0. The van der Waals surface area contributed by atoms with Gasteiger partial charge in [-0.2, -0.15) is 0 Å². The molecular formula is C19H24ClNO5. The zero-order valence-electron chi connectivity index (χ0n) is 15.2. The summed E-state index contributed by atoms with van der Waals surface area (Å²) in [5, 5.41) is 3.14. The molecule has 0 aliphatic carbocycles. The second-order valence-electron chi connectivity index (χ2n) is 6.43. The van der Waals surface area contributed by atoms with Gasteiger partial charge in [0.2, 0.25) is 0 Å². The number of benzene rings is 1. The lowest BCUT2D eigenvalue weighted by molar-refractivity contribution is -0.150. The first-order chi connectivity index (χ1) is 12.4. The Morgan fingerprint density at radius 1 is 1.27 bits per heavy atom. The molecule has 7 heteroatoms. The molecule has 0 spiro atoms. The standard InChI is InChI=1S/C19H24ClNO5/c1-12(2)11-21-19(23)13(3)26-17(22)6-5-14-9-15(20)18-16(10-14)24-7-4-8-25-18/h5-6,9-10,12-13H,4,7-8,11H2,1-3H3,(H,21,23)/b6-5+/t13-/m0/s1. The maximum absolute atomic E-state index is 11.9. The lowest BCUT2D eigenvalue weighted by Gasteiger charge is -2.13. The molecule has 1 heterocycles. The van der Waals surface area contributed by atoms with Crippen LogP contribution in [0.4, 0.5) is 0 Å². The van der Waals surface area contributed by atoms with Crippen molar-refractivity contribution in [1.82, 2.24) is 5.32 Å². The summed E-state index contributed by atoms with van der Waals surface area (Å²) in [4.78, 5) is 23.8. The Balaban J connectivity index is 1.96. The summed E-state index contributed by atoms with van der Waals surface area (Å²) >= 11 is 6.21. The monoisotopic (exact) mass is 381 g/mol. The minimum Gasteiger partial charge on any atom is -0.489 e. The molecule has 1 aromatic carbocycles. The van der Waals surface area contributed by atoms with Gasteiger partial charge >= 0.3 is 5.97 Å². The predicted octanol–water partition coefficient (Wildman–Crippen LogP) is 3.22. The van der Waals surface area contributed by atoms with Crippen LogP contribution in [-0.4, -0.2) is 37.7 Å². The van der Waals surface area contributed by atoms with Crippen molar-refractivity contribution < 1.29 is 23.8 Å². The van der Waals surface area contributed by atoms with E-state index in [0.29, 0.717) is 47.8 Å². The number of esters is 1. The van der Waals surface area contributed by atoms with E-state index >= 15 is 0 Å². The Bertz CT molecular complexity index is 687. The first-order valence-electron chi connectivity index (χ1n) is 8.62. The quantitative estimate of drug-likeness (QED) is 0.605. The largest absolute Gasteiger partial charge is 0.489 e. The van der Waals surface area contributed by atoms with Gasteiger partial charge in [0.05, 0.1) is 18.2 Å². The van der Waals surface area contributed by atoms with Crippen LogP contribution in [0.2, 0.25) is 5.02 Å². The second-order valence-corrected chi connectivity index (χ2v) is 6.84. The smallest absolute Gasteiger partial charge is 0.331 e.